The number of anilines is 1. The normalized spacial score (nSPS) is 10.7. The number of hydrogen-bond acceptors (Lipinski definition) is 2. The van der Waals surface area contributed by atoms with E-state index in [-0.39, 0.29) is 11.2 Å². The average molecular weight is 300 g/mol. The van der Waals surface area contributed by atoms with Gasteiger partial charge in [-0.25, -0.2) is 4.68 Å². The van der Waals surface area contributed by atoms with Crippen molar-refractivity contribution in [1.29, 1.82) is 0 Å². The zero-order chi connectivity index (χ0) is 14.8. The Hall–Kier alpha value is -2.46. The Labute approximate surface area is 126 Å². The highest BCUT2D eigenvalue weighted by Crippen LogP contribution is 2.20. The van der Waals surface area contributed by atoms with Crippen LogP contribution in [0.3, 0.4) is 0 Å². The van der Waals surface area contributed by atoms with Gasteiger partial charge in [0.05, 0.1) is 12.2 Å². The molecule has 0 unspecified atom stereocenters. The summed E-state index contributed by atoms with van der Waals surface area (Å²) in [6.07, 6.45) is 0. The van der Waals surface area contributed by atoms with E-state index in [2.05, 4.69) is 5.10 Å². The van der Waals surface area contributed by atoms with Crippen LogP contribution in [-0.2, 0) is 6.54 Å². The molecule has 0 amide bonds. The van der Waals surface area contributed by atoms with Crippen molar-refractivity contribution in [3.8, 4) is 11.3 Å². The second-order valence-electron chi connectivity index (χ2n) is 4.78. The van der Waals surface area contributed by atoms with Crippen LogP contribution >= 0.6 is 11.6 Å². The van der Waals surface area contributed by atoms with Crippen LogP contribution in [0, 0.1) is 0 Å². The maximum atomic E-state index is 12.2. The Morgan fingerprint density at radius 1 is 1.05 bits per heavy atom. The van der Waals surface area contributed by atoms with Crippen molar-refractivity contribution >= 4 is 17.3 Å². The number of H-pyrrole nitrogens is 1. The molecule has 1 heterocycles. The van der Waals surface area contributed by atoms with Gasteiger partial charge in [-0.2, -0.15) is 0 Å². The molecule has 0 aliphatic rings. The zero-order valence-corrected chi connectivity index (χ0v) is 12.0. The molecule has 0 atom stereocenters. The third-order valence-corrected chi connectivity index (χ3v) is 3.56. The molecule has 21 heavy (non-hydrogen) atoms. The first-order valence-corrected chi connectivity index (χ1v) is 6.91. The van der Waals surface area contributed by atoms with E-state index in [1.165, 1.54) is 4.68 Å². The first-order chi connectivity index (χ1) is 10.1. The summed E-state index contributed by atoms with van der Waals surface area (Å²) in [4.78, 5) is 12.2. The SMILES string of the molecule is Nc1c(-c2ccccc2)[nH]n(Cc2ccc(Cl)cc2)c1=O. The summed E-state index contributed by atoms with van der Waals surface area (Å²) in [5.74, 6) is 0. The number of halogens is 1. The molecule has 106 valence electrons. The number of rotatable bonds is 3. The van der Waals surface area contributed by atoms with Gasteiger partial charge in [0.25, 0.3) is 5.56 Å². The van der Waals surface area contributed by atoms with Crippen molar-refractivity contribution < 1.29 is 0 Å². The molecule has 3 aromatic rings. The summed E-state index contributed by atoms with van der Waals surface area (Å²) >= 11 is 5.86. The molecule has 4 nitrogen and oxygen atoms in total. The fourth-order valence-corrected chi connectivity index (χ4v) is 2.33. The van der Waals surface area contributed by atoms with Crippen LogP contribution < -0.4 is 11.3 Å². The van der Waals surface area contributed by atoms with E-state index in [4.69, 9.17) is 17.3 Å². The molecule has 2 aromatic carbocycles. The minimum absolute atomic E-state index is 0.219. The van der Waals surface area contributed by atoms with Crippen LogP contribution in [0.5, 0.6) is 0 Å². The smallest absolute Gasteiger partial charge is 0.290 e. The summed E-state index contributed by atoms with van der Waals surface area (Å²) < 4.78 is 1.50. The van der Waals surface area contributed by atoms with Crippen LogP contribution in [0.25, 0.3) is 11.3 Å². The van der Waals surface area contributed by atoms with Gasteiger partial charge in [0, 0.05) is 10.6 Å². The molecule has 0 saturated carbocycles. The Kier molecular flexibility index (Phi) is 3.54. The summed E-state index contributed by atoms with van der Waals surface area (Å²) in [6.45, 7) is 0.424. The number of hydrogen-bond donors (Lipinski definition) is 2. The van der Waals surface area contributed by atoms with E-state index in [1.807, 2.05) is 42.5 Å². The molecule has 0 aliphatic heterocycles. The highest BCUT2D eigenvalue weighted by molar-refractivity contribution is 6.30. The number of nitrogens with zero attached hydrogens (tertiary/aromatic N) is 1. The fourth-order valence-electron chi connectivity index (χ4n) is 2.21. The minimum Gasteiger partial charge on any atom is -0.392 e. The fraction of sp³-hybridized carbons (Fsp3) is 0.0625. The largest absolute Gasteiger partial charge is 0.392 e. The van der Waals surface area contributed by atoms with Gasteiger partial charge in [0.15, 0.2) is 0 Å². The number of nitrogen functional groups attached to an aromatic ring is 1. The van der Waals surface area contributed by atoms with Crippen LogP contribution in [0.2, 0.25) is 5.02 Å². The number of nitrogens with one attached hydrogen (secondary N) is 1. The van der Waals surface area contributed by atoms with E-state index >= 15 is 0 Å². The van der Waals surface area contributed by atoms with Gasteiger partial charge in [-0.15, -0.1) is 0 Å². The molecular weight excluding hydrogens is 286 g/mol. The number of nitrogens with two attached hydrogens (primary N) is 1. The first-order valence-electron chi connectivity index (χ1n) is 6.53. The van der Waals surface area contributed by atoms with E-state index in [0.717, 1.165) is 11.1 Å². The predicted molar refractivity (Wildman–Crippen MR) is 85.5 cm³/mol. The Morgan fingerprint density at radius 3 is 2.38 bits per heavy atom. The van der Waals surface area contributed by atoms with Gasteiger partial charge in [-0.1, -0.05) is 54.1 Å². The summed E-state index contributed by atoms with van der Waals surface area (Å²) in [5.41, 5.74) is 8.45. The van der Waals surface area contributed by atoms with Crippen molar-refractivity contribution in [2.45, 2.75) is 6.54 Å². The van der Waals surface area contributed by atoms with Crippen LogP contribution in [0.1, 0.15) is 5.56 Å². The van der Waals surface area contributed by atoms with Gasteiger partial charge < -0.3 is 5.73 Å². The highest BCUT2D eigenvalue weighted by Gasteiger charge is 2.12. The molecule has 0 radical (unpaired) electrons. The molecule has 0 saturated heterocycles. The van der Waals surface area contributed by atoms with E-state index in [0.29, 0.717) is 17.3 Å². The minimum atomic E-state index is -0.219. The second-order valence-corrected chi connectivity index (χ2v) is 5.22. The van der Waals surface area contributed by atoms with Crippen molar-refractivity contribution in [3.63, 3.8) is 0 Å². The quantitative estimate of drug-likeness (QED) is 0.780. The third-order valence-electron chi connectivity index (χ3n) is 3.31. The van der Waals surface area contributed by atoms with Gasteiger partial charge in [-0.3, -0.25) is 9.89 Å². The Balaban J connectivity index is 1.98. The topological polar surface area (TPSA) is 63.8 Å². The van der Waals surface area contributed by atoms with Crippen molar-refractivity contribution in [1.82, 2.24) is 9.78 Å². The van der Waals surface area contributed by atoms with Crippen molar-refractivity contribution in [2.75, 3.05) is 5.73 Å². The van der Waals surface area contributed by atoms with Crippen LogP contribution in [0.15, 0.2) is 59.4 Å². The summed E-state index contributed by atoms with van der Waals surface area (Å²) in [7, 11) is 0. The van der Waals surface area contributed by atoms with Gasteiger partial charge in [-0.05, 0) is 17.7 Å². The van der Waals surface area contributed by atoms with E-state index in [1.54, 1.807) is 12.1 Å². The second kappa shape index (κ2) is 5.50. The lowest BCUT2D eigenvalue weighted by molar-refractivity contribution is 0.666. The molecular formula is C16H14ClN3O. The molecule has 0 bridgehead atoms. The molecule has 0 fully saturated rings. The van der Waals surface area contributed by atoms with Crippen molar-refractivity contribution in [2.24, 2.45) is 0 Å². The molecule has 1 aromatic heterocycles. The van der Waals surface area contributed by atoms with Gasteiger partial charge in [0.1, 0.15) is 5.69 Å². The number of aromatic amines is 1. The number of aromatic nitrogens is 2. The van der Waals surface area contributed by atoms with E-state index < -0.39 is 0 Å². The molecule has 3 N–H and O–H groups in total. The summed E-state index contributed by atoms with van der Waals surface area (Å²) in [5, 5.41) is 3.74. The predicted octanol–water partition coefficient (Wildman–Crippen LogP) is 3.13. The average Bonchev–Trinajstić information content (AvgIpc) is 2.79. The maximum Gasteiger partial charge on any atom is 0.290 e. The van der Waals surface area contributed by atoms with Gasteiger partial charge in [0.2, 0.25) is 0 Å². The maximum absolute atomic E-state index is 12.2. The highest BCUT2D eigenvalue weighted by atomic mass is 35.5. The zero-order valence-electron chi connectivity index (χ0n) is 11.2. The standard InChI is InChI=1S/C16H14ClN3O/c17-13-8-6-11(7-9-13)10-20-16(21)14(18)15(19-20)12-4-2-1-3-5-12/h1-9,19H,10,18H2. The Bertz CT molecular complexity index is 804. The Morgan fingerprint density at radius 2 is 1.71 bits per heavy atom. The third kappa shape index (κ3) is 2.71. The monoisotopic (exact) mass is 299 g/mol. The lowest BCUT2D eigenvalue weighted by atomic mass is 10.1. The van der Waals surface area contributed by atoms with Gasteiger partial charge >= 0.3 is 0 Å². The van der Waals surface area contributed by atoms with Crippen LogP contribution in [0.4, 0.5) is 5.69 Å². The first kappa shape index (κ1) is 13.5. The van der Waals surface area contributed by atoms with Crippen LogP contribution in [-0.4, -0.2) is 9.78 Å². The van der Waals surface area contributed by atoms with Crippen molar-refractivity contribution in [3.05, 3.63) is 75.5 Å². The molecule has 3 rings (SSSR count). The molecule has 5 heteroatoms. The summed E-state index contributed by atoms with van der Waals surface area (Å²) in [6, 6.07) is 16.9. The lowest BCUT2D eigenvalue weighted by Gasteiger charge is -2.03. The number of benzene rings is 2. The lowest BCUT2D eigenvalue weighted by Crippen LogP contribution is -2.19. The molecule has 0 aliphatic carbocycles. The molecule has 0 spiro atoms. The van der Waals surface area contributed by atoms with E-state index in [9.17, 15) is 4.79 Å².